The van der Waals surface area contributed by atoms with Crippen molar-refractivity contribution in [2.45, 2.75) is 44.6 Å². The van der Waals surface area contributed by atoms with Gasteiger partial charge in [-0.1, -0.05) is 73.4 Å². The lowest BCUT2D eigenvalue weighted by molar-refractivity contribution is -0.175. The number of amides is 2. The number of hydrogen-bond acceptors (Lipinski definition) is 5. The van der Waals surface area contributed by atoms with Gasteiger partial charge in [-0.3, -0.25) is 19.4 Å². The number of rotatable bonds is 11. The maximum absolute atomic E-state index is 13.6. The third-order valence-corrected chi connectivity index (χ3v) is 6.17. The first-order chi connectivity index (χ1) is 18.8. The number of nitrogens with one attached hydrogen (secondary N) is 2. The molecule has 1 heterocycles. The van der Waals surface area contributed by atoms with Gasteiger partial charge >= 0.3 is 6.18 Å². The molecular weight excluding hydrogens is 570 g/mol. The fraction of sp³-hybridized carbons (Fsp3) is 0.286. The molecule has 0 fully saturated rings. The summed E-state index contributed by atoms with van der Waals surface area (Å²) in [4.78, 5) is 43.1. The molecular formula is C28H26Cl2F3N3O4. The maximum Gasteiger partial charge on any atom is 0.452 e. The summed E-state index contributed by atoms with van der Waals surface area (Å²) in [6.45, 7) is 2.75. The van der Waals surface area contributed by atoms with E-state index in [9.17, 15) is 27.6 Å². The van der Waals surface area contributed by atoms with Crippen LogP contribution in [-0.4, -0.2) is 40.9 Å². The number of carbonyl (C=O) groups is 3. The molecule has 212 valence electrons. The zero-order chi connectivity index (χ0) is 29.4. The average molecular weight is 596 g/mol. The van der Waals surface area contributed by atoms with E-state index in [1.165, 1.54) is 50.4 Å². The smallest absolute Gasteiger partial charge is 0.452 e. The van der Waals surface area contributed by atoms with Crippen LogP contribution < -0.4 is 15.4 Å². The van der Waals surface area contributed by atoms with E-state index in [1.807, 2.05) is 0 Å². The Kier molecular flexibility index (Phi) is 10.5. The van der Waals surface area contributed by atoms with Gasteiger partial charge in [0.05, 0.1) is 6.04 Å². The highest BCUT2D eigenvalue weighted by atomic mass is 35.5. The van der Waals surface area contributed by atoms with Crippen molar-refractivity contribution >= 4 is 40.8 Å². The Morgan fingerprint density at radius 1 is 0.900 bits per heavy atom. The Hall–Kier alpha value is -3.63. The number of pyridine rings is 1. The summed E-state index contributed by atoms with van der Waals surface area (Å²) >= 11 is 12.1. The molecule has 3 aromatic rings. The molecule has 40 heavy (non-hydrogen) atoms. The highest BCUT2D eigenvalue weighted by Crippen LogP contribution is 2.26. The van der Waals surface area contributed by atoms with Gasteiger partial charge in [-0.2, -0.15) is 13.2 Å². The molecule has 0 radical (unpaired) electrons. The Bertz CT molecular complexity index is 1310. The summed E-state index contributed by atoms with van der Waals surface area (Å²) < 4.78 is 45.5. The molecule has 3 rings (SSSR count). The molecule has 1 unspecified atom stereocenters. The molecule has 12 heteroatoms. The minimum atomic E-state index is -5.16. The van der Waals surface area contributed by atoms with Crippen LogP contribution in [0, 0.1) is 5.92 Å². The molecule has 0 aliphatic rings. The van der Waals surface area contributed by atoms with Crippen LogP contribution in [0.15, 0.2) is 72.9 Å². The van der Waals surface area contributed by atoms with Gasteiger partial charge in [0.2, 0.25) is 5.91 Å². The van der Waals surface area contributed by atoms with Gasteiger partial charge in [0.25, 0.3) is 11.7 Å². The van der Waals surface area contributed by atoms with Crippen LogP contribution in [0.3, 0.4) is 0 Å². The number of halogens is 5. The summed E-state index contributed by atoms with van der Waals surface area (Å²) in [5.41, 5.74) is 0.768. The van der Waals surface area contributed by atoms with Gasteiger partial charge in [-0.05, 0) is 41.8 Å². The first kappa shape index (κ1) is 30.9. The van der Waals surface area contributed by atoms with E-state index < -0.39 is 47.9 Å². The van der Waals surface area contributed by atoms with Crippen molar-refractivity contribution < 1.29 is 32.3 Å². The van der Waals surface area contributed by atoms with Crippen molar-refractivity contribution in [2.24, 2.45) is 5.92 Å². The zero-order valence-corrected chi connectivity index (χ0v) is 22.9. The summed E-state index contributed by atoms with van der Waals surface area (Å²) in [6.07, 6.45) is -4.90. The van der Waals surface area contributed by atoms with Crippen LogP contribution in [0.4, 0.5) is 13.2 Å². The van der Waals surface area contributed by atoms with E-state index in [0.29, 0.717) is 5.69 Å². The maximum atomic E-state index is 13.6. The molecule has 2 N–H and O–H groups in total. The molecule has 2 aromatic carbocycles. The van der Waals surface area contributed by atoms with Crippen LogP contribution in [0.5, 0.6) is 5.75 Å². The first-order valence-corrected chi connectivity index (χ1v) is 12.9. The fourth-order valence-corrected chi connectivity index (χ4v) is 4.29. The molecule has 1 aromatic heterocycles. The number of alkyl halides is 3. The second kappa shape index (κ2) is 13.6. The molecule has 7 nitrogen and oxygen atoms in total. The lowest BCUT2D eigenvalue weighted by atomic mass is 9.97. The monoisotopic (exact) mass is 595 g/mol. The van der Waals surface area contributed by atoms with Crippen molar-refractivity contribution in [1.29, 1.82) is 0 Å². The van der Waals surface area contributed by atoms with Gasteiger partial charge in [-0.25, -0.2) is 0 Å². The van der Waals surface area contributed by atoms with Crippen LogP contribution >= 0.6 is 23.2 Å². The van der Waals surface area contributed by atoms with E-state index in [4.69, 9.17) is 27.9 Å². The molecule has 0 bridgehead atoms. The van der Waals surface area contributed by atoms with Gasteiger partial charge in [-0.15, -0.1) is 0 Å². The lowest BCUT2D eigenvalue weighted by Gasteiger charge is -2.27. The van der Waals surface area contributed by atoms with Crippen molar-refractivity contribution in [2.75, 3.05) is 0 Å². The summed E-state index contributed by atoms with van der Waals surface area (Å²) in [7, 11) is 0. The predicted molar refractivity (Wildman–Crippen MR) is 144 cm³/mol. The second-order valence-corrected chi connectivity index (χ2v) is 10.1. The SMILES string of the molecule is CC(C)[C@H](NC(=O)C(NC(=O)[C@H](Cc1ccccn1)Oc1cc(Cl)cc(Cl)c1)c1ccccc1)C(=O)C(F)(F)F. The third-order valence-electron chi connectivity index (χ3n) is 5.74. The summed E-state index contributed by atoms with van der Waals surface area (Å²) in [5, 5.41) is 5.25. The molecule has 0 spiro atoms. The average Bonchev–Trinajstić information content (AvgIpc) is 2.89. The first-order valence-electron chi connectivity index (χ1n) is 12.1. The number of benzene rings is 2. The van der Waals surface area contributed by atoms with Crippen molar-refractivity contribution in [3.05, 3.63) is 94.2 Å². The highest BCUT2D eigenvalue weighted by molar-refractivity contribution is 6.34. The number of carbonyl (C=O) groups excluding carboxylic acids is 3. The van der Waals surface area contributed by atoms with Crippen molar-refractivity contribution in [1.82, 2.24) is 15.6 Å². The predicted octanol–water partition coefficient (Wildman–Crippen LogP) is 5.51. The minimum Gasteiger partial charge on any atom is -0.480 e. The van der Waals surface area contributed by atoms with E-state index in [0.717, 1.165) is 0 Å². The van der Waals surface area contributed by atoms with Crippen LogP contribution in [0.25, 0.3) is 0 Å². The second-order valence-electron chi connectivity index (χ2n) is 9.18. The zero-order valence-electron chi connectivity index (χ0n) is 21.4. The number of ether oxygens (including phenoxy) is 1. The molecule has 3 atom stereocenters. The number of Topliss-reactive ketones (excluding diaryl/α,β-unsaturated/α-hetero) is 1. The Morgan fingerprint density at radius 2 is 1.52 bits per heavy atom. The van der Waals surface area contributed by atoms with Crippen LogP contribution in [-0.2, 0) is 20.8 Å². The molecule has 0 aliphatic heterocycles. The summed E-state index contributed by atoms with van der Waals surface area (Å²) in [5.74, 6) is -4.57. The van der Waals surface area contributed by atoms with E-state index in [-0.39, 0.29) is 27.8 Å². The Balaban J connectivity index is 1.92. The van der Waals surface area contributed by atoms with E-state index in [1.54, 1.807) is 36.4 Å². The fourth-order valence-electron chi connectivity index (χ4n) is 3.79. The molecule has 0 saturated heterocycles. The largest absolute Gasteiger partial charge is 0.480 e. The third kappa shape index (κ3) is 8.69. The molecule has 0 saturated carbocycles. The van der Waals surface area contributed by atoms with Gasteiger partial charge < -0.3 is 15.4 Å². The van der Waals surface area contributed by atoms with Crippen molar-refractivity contribution in [3.63, 3.8) is 0 Å². The Morgan fingerprint density at radius 3 is 2.08 bits per heavy atom. The normalized spacial score (nSPS) is 13.7. The van der Waals surface area contributed by atoms with E-state index in [2.05, 4.69) is 15.6 Å². The number of aromatic nitrogens is 1. The van der Waals surface area contributed by atoms with Gasteiger partial charge in [0.15, 0.2) is 6.10 Å². The molecule has 2 amide bonds. The topological polar surface area (TPSA) is 97.4 Å². The standard InChI is InChI=1S/C28H26Cl2F3N3O4/c1-16(2)23(25(37)28(31,32)33)35-27(39)24(17-8-4-3-5-9-17)36-26(38)22(15-20-10-6-7-11-34-20)40-21-13-18(29)12-19(30)14-21/h3-14,16,22-24H,15H2,1-2H3,(H,35,39)(H,36,38)/t22-,23-,24?/m0/s1. The minimum absolute atomic E-state index is 0.0267. The molecule has 0 aliphatic carbocycles. The van der Waals surface area contributed by atoms with Gasteiger partial charge in [0.1, 0.15) is 11.8 Å². The number of ketones is 1. The quantitative estimate of drug-likeness (QED) is 0.305. The highest BCUT2D eigenvalue weighted by Gasteiger charge is 2.45. The number of hydrogen-bond donors (Lipinski definition) is 2. The lowest BCUT2D eigenvalue weighted by Crippen LogP contribution is -2.53. The van der Waals surface area contributed by atoms with Crippen LogP contribution in [0.2, 0.25) is 10.0 Å². The van der Waals surface area contributed by atoms with E-state index >= 15 is 0 Å². The van der Waals surface area contributed by atoms with Crippen molar-refractivity contribution in [3.8, 4) is 5.75 Å². The Labute approximate surface area is 239 Å². The summed E-state index contributed by atoms with van der Waals surface area (Å²) in [6, 6.07) is 14.1. The van der Waals surface area contributed by atoms with Gasteiger partial charge in [0, 0.05) is 28.4 Å². The van der Waals surface area contributed by atoms with Crippen LogP contribution in [0.1, 0.15) is 31.1 Å². The number of nitrogens with zero attached hydrogens (tertiary/aromatic N) is 1.